The highest BCUT2D eigenvalue weighted by molar-refractivity contribution is 7.10. The Morgan fingerprint density at radius 2 is 2.21 bits per heavy atom. The zero-order valence-electron chi connectivity index (χ0n) is 14.1. The number of carbonyl (C=O) groups is 1. The smallest absolute Gasteiger partial charge is 0.317 e. The summed E-state index contributed by atoms with van der Waals surface area (Å²) in [5.41, 5.74) is 0. The van der Waals surface area contributed by atoms with Crippen molar-refractivity contribution in [3.8, 4) is 0 Å². The Labute approximate surface area is 146 Å². The van der Waals surface area contributed by atoms with Crippen molar-refractivity contribution in [3.63, 3.8) is 0 Å². The summed E-state index contributed by atoms with van der Waals surface area (Å²) in [6, 6.07) is 6.05. The van der Waals surface area contributed by atoms with Crippen LogP contribution in [0.3, 0.4) is 0 Å². The van der Waals surface area contributed by atoms with Crippen LogP contribution in [0.1, 0.15) is 30.7 Å². The van der Waals surface area contributed by atoms with Gasteiger partial charge in [-0.25, -0.2) is 14.8 Å². The van der Waals surface area contributed by atoms with Crippen molar-refractivity contribution in [3.05, 3.63) is 40.8 Å². The first-order valence-electron chi connectivity index (χ1n) is 8.24. The fourth-order valence-corrected chi connectivity index (χ4v) is 3.73. The minimum atomic E-state index is -0.0308. The molecule has 2 aromatic rings. The standard InChI is InChI=1S/C17H23N5OS/c1-13(15-7-4-11-24-15)21(2)17(23)20-14-6-3-10-22(12-14)16-18-8-5-9-19-16/h4-5,7-9,11,13-14H,3,6,10,12H2,1-2H3,(H,20,23)/t13-,14-/m0/s1. The van der Waals surface area contributed by atoms with E-state index in [-0.39, 0.29) is 18.1 Å². The first-order valence-corrected chi connectivity index (χ1v) is 9.12. The molecule has 0 radical (unpaired) electrons. The van der Waals surface area contributed by atoms with Gasteiger partial charge in [-0.1, -0.05) is 6.07 Å². The molecule has 1 aliphatic heterocycles. The predicted octanol–water partition coefficient (Wildman–Crippen LogP) is 2.91. The molecule has 1 N–H and O–H groups in total. The SMILES string of the molecule is C[C@@H](c1cccs1)N(C)C(=O)N[C@H]1CCCN(c2ncccn2)C1. The summed E-state index contributed by atoms with van der Waals surface area (Å²) < 4.78 is 0. The monoisotopic (exact) mass is 345 g/mol. The molecule has 0 aromatic carbocycles. The number of nitrogens with zero attached hydrogens (tertiary/aromatic N) is 4. The van der Waals surface area contributed by atoms with Gasteiger partial charge in [-0.3, -0.25) is 0 Å². The summed E-state index contributed by atoms with van der Waals surface area (Å²) in [6.45, 7) is 3.73. The first-order chi connectivity index (χ1) is 11.6. The van der Waals surface area contributed by atoms with Gasteiger partial charge in [-0.15, -0.1) is 11.3 Å². The lowest BCUT2D eigenvalue weighted by atomic mass is 10.1. The fraction of sp³-hybridized carbons (Fsp3) is 0.471. The Hall–Kier alpha value is -2.15. The number of piperidine rings is 1. The molecule has 3 rings (SSSR count). The Morgan fingerprint density at radius 3 is 2.92 bits per heavy atom. The quantitative estimate of drug-likeness (QED) is 0.925. The van der Waals surface area contributed by atoms with Gasteiger partial charge in [0.2, 0.25) is 5.95 Å². The highest BCUT2D eigenvalue weighted by atomic mass is 32.1. The Kier molecular flexibility index (Phi) is 5.30. The van der Waals surface area contributed by atoms with Gasteiger partial charge in [0.15, 0.2) is 0 Å². The van der Waals surface area contributed by atoms with Gasteiger partial charge >= 0.3 is 6.03 Å². The normalized spacial score (nSPS) is 18.9. The highest BCUT2D eigenvalue weighted by Gasteiger charge is 2.25. The maximum Gasteiger partial charge on any atom is 0.317 e. The number of anilines is 1. The zero-order chi connectivity index (χ0) is 16.9. The van der Waals surface area contributed by atoms with E-state index in [2.05, 4.69) is 33.2 Å². The molecule has 0 aliphatic carbocycles. The third-order valence-corrected chi connectivity index (χ3v) is 5.48. The van der Waals surface area contributed by atoms with Crippen molar-refractivity contribution in [2.75, 3.05) is 25.0 Å². The fourth-order valence-electron chi connectivity index (χ4n) is 2.90. The third-order valence-electron chi connectivity index (χ3n) is 4.44. The highest BCUT2D eigenvalue weighted by Crippen LogP contribution is 2.23. The van der Waals surface area contributed by atoms with Gasteiger partial charge in [-0.2, -0.15) is 0 Å². The molecular formula is C17H23N5OS. The Bertz CT molecular complexity index is 648. The molecule has 2 aromatic heterocycles. The maximum atomic E-state index is 12.6. The molecule has 1 aliphatic rings. The minimum Gasteiger partial charge on any atom is -0.339 e. The summed E-state index contributed by atoms with van der Waals surface area (Å²) in [4.78, 5) is 26.3. The van der Waals surface area contributed by atoms with E-state index < -0.39 is 0 Å². The number of carbonyl (C=O) groups excluding carboxylic acids is 1. The number of hydrogen-bond donors (Lipinski definition) is 1. The number of hydrogen-bond acceptors (Lipinski definition) is 5. The summed E-state index contributed by atoms with van der Waals surface area (Å²) in [5, 5.41) is 5.19. The van der Waals surface area contributed by atoms with Crippen LogP contribution in [0.2, 0.25) is 0 Å². The minimum absolute atomic E-state index is 0.0308. The lowest BCUT2D eigenvalue weighted by Crippen LogP contribution is -2.51. The Morgan fingerprint density at radius 1 is 1.42 bits per heavy atom. The second kappa shape index (κ2) is 7.61. The molecule has 0 unspecified atom stereocenters. The van der Waals surface area contributed by atoms with E-state index in [1.165, 1.54) is 4.88 Å². The van der Waals surface area contributed by atoms with Crippen LogP contribution in [0.15, 0.2) is 36.0 Å². The molecule has 0 saturated carbocycles. The van der Waals surface area contributed by atoms with Gasteiger partial charge in [0, 0.05) is 43.4 Å². The molecule has 128 valence electrons. The van der Waals surface area contributed by atoms with Gasteiger partial charge in [0.05, 0.1) is 6.04 Å². The van der Waals surface area contributed by atoms with Crippen LogP contribution in [0.4, 0.5) is 10.7 Å². The molecule has 6 nitrogen and oxygen atoms in total. The van der Waals surface area contributed by atoms with E-state index in [0.29, 0.717) is 0 Å². The van der Waals surface area contributed by atoms with Gasteiger partial charge in [-0.05, 0) is 37.3 Å². The number of nitrogens with one attached hydrogen (secondary N) is 1. The van der Waals surface area contributed by atoms with Crippen LogP contribution >= 0.6 is 11.3 Å². The van der Waals surface area contributed by atoms with E-state index in [0.717, 1.165) is 31.9 Å². The van der Waals surface area contributed by atoms with E-state index in [4.69, 9.17) is 0 Å². The number of thiophene rings is 1. The number of aromatic nitrogens is 2. The Balaban J connectivity index is 1.58. The van der Waals surface area contributed by atoms with Crippen LogP contribution < -0.4 is 10.2 Å². The van der Waals surface area contributed by atoms with E-state index in [1.807, 2.05) is 24.6 Å². The van der Waals surface area contributed by atoms with Gasteiger partial charge < -0.3 is 15.1 Å². The average molecular weight is 345 g/mol. The lowest BCUT2D eigenvalue weighted by Gasteiger charge is -2.34. The van der Waals surface area contributed by atoms with E-state index in [9.17, 15) is 4.79 Å². The van der Waals surface area contributed by atoms with Crippen LogP contribution in [-0.2, 0) is 0 Å². The summed E-state index contributed by atoms with van der Waals surface area (Å²) >= 11 is 1.67. The van der Waals surface area contributed by atoms with Crippen molar-refractivity contribution in [1.82, 2.24) is 20.2 Å². The van der Waals surface area contributed by atoms with Crippen molar-refractivity contribution >= 4 is 23.3 Å². The van der Waals surface area contributed by atoms with Crippen LogP contribution in [0.25, 0.3) is 0 Å². The number of amides is 2. The van der Waals surface area contributed by atoms with Crippen LogP contribution in [0.5, 0.6) is 0 Å². The average Bonchev–Trinajstić information content (AvgIpc) is 3.16. The molecule has 24 heavy (non-hydrogen) atoms. The van der Waals surface area contributed by atoms with Crippen molar-refractivity contribution in [1.29, 1.82) is 0 Å². The molecule has 1 saturated heterocycles. The van der Waals surface area contributed by atoms with Crippen LogP contribution in [-0.4, -0.2) is 47.1 Å². The first kappa shape index (κ1) is 16.7. The van der Waals surface area contributed by atoms with Gasteiger partial charge in [0.1, 0.15) is 0 Å². The maximum absolute atomic E-state index is 12.6. The lowest BCUT2D eigenvalue weighted by molar-refractivity contribution is 0.189. The van der Waals surface area contributed by atoms with E-state index in [1.54, 1.807) is 28.6 Å². The van der Waals surface area contributed by atoms with Crippen molar-refractivity contribution in [2.24, 2.45) is 0 Å². The molecule has 1 fully saturated rings. The second-order valence-electron chi connectivity index (χ2n) is 6.09. The summed E-state index contributed by atoms with van der Waals surface area (Å²) in [6.07, 6.45) is 5.51. The molecule has 0 spiro atoms. The second-order valence-corrected chi connectivity index (χ2v) is 7.07. The number of rotatable bonds is 4. The van der Waals surface area contributed by atoms with Crippen LogP contribution in [0, 0.1) is 0 Å². The molecule has 0 bridgehead atoms. The summed E-state index contributed by atoms with van der Waals surface area (Å²) in [7, 11) is 1.85. The molecule has 3 heterocycles. The molecule has 2 atom stereocenters. The largest absolute Gasteiger partial charge is 0.339 e. The zero-order valence-corrected chi connectivity index (χ0v) is 14.9. The third kappa shape index (κ3) is 3.84. The molecule has 2 amide bonds. The number of urea groups is 1. The predicted molar refractivity (Wildman–Crippen MR) is 96.3 cm³/mol. The van der Waals surface area contributed by atoms with Crippen molar-refractivity contribution < 1.29 is 4.79 Å². The topological polar surface area (TPSA) is 61.4 Å². The molecule has 7 heteroatoms. The van der Waals surface area contributed by atoms with Gasteiger partial charge in [0.25, 0.3) is 0 Å². The molecular weight excluding hydrogens is 322 g/mol. The van der Waals surface area contributed by atoms with Crippen molar-refractivity contribution in [2.45, 2.75) is 31.8 Å². The van der Waals surface area contributed by atoms with E-state index >= 15 is 0 Å². The summed E-state index contributed by atoms with van der Waals surface area (Å²) in [5.74, 6) is 0.733.